The molecule has 0 saturated carbocycles. The lowest BCUT2D eigenvalue weighted by Crippen LogP contribution is -2.44. The van der Waals surface area contributed by atoms with Crippen molar-refractivity contribution < 1.29 is 22.3 Å². The first kappa shape index (κ1) is 22.7. The molecule has 10 heteroatoms. The fourth-order valence-corrected chi connectivity index (χ4v) is 5.30. The summed E-state index contributed by atoms with van der Waals surface area (Å²) in [4.78, 5) is 17.3. The van der Waals surface area contributed by atoms with Crippen LogP contribution in [0.1, 0.15) is 10.4 Å². The number of para-hydroxylation sites is 2. The second-order valence-corrected chi connectivity index (χ2v) is 9.86. The Morgan fingerprint density at radius 1 is 1.00 bits per heavy atom. The van der Waals surface area contributed by atoms with Crippen LogP contribution >= 0.6 is 0 Å². The zero-order valence-corrected chi connectivity index (χ0v) is 18.8. The van der Waals surface area contributed by atoms with E-state index in [1.165, 1.54) is 10.4 Å². The highest BCUT2D eigenvalue weighted by molar-refractivity contribution is 7.89. The van der Waals surface area contributed by atoms with E-state index in [0.29, 0.717) is 18.9 Å². The van der Waals surface area contributed by atoms with E-state index in [0.717, 1.165) is 44.0 Å². The summed E-state index contributed by atoms with van der Waals surface area (Å²) in [5.74, 6) is -1.47. The lowest BCUT2D eigenvalue weighted by Gasteiger charge is -2.35. The van der Waals surface area contributed by atoms with Crippen LogP contribution in [-0.4, -0.2) is 83.1 Å². The van der Waals surface area contributed by atoms with E-state index in [-0.39, 0.29) is 23.5 Å². The van der Waals surface area contributed by atoms with Gasteiger partial charge in [-0.05, 0) is 37.4 Å². The normalized spacial score (nSPS) is 18.5. The van der Waals surface area contributed by atoms with Gasteiger partial charge < -0.3 is 19.9 Å². The van der Waals surface area contributed by atoms with Crippen LogP contribution in [0.4, 0.5) is 15.8 Å². The van der Waals surface area contributed by atoms with Gasteiger partial charge in [0.25, 0.3) is 5.91 Å². The van der Waals surface area contributed by atoms with Gasteiger partial charge in [0.05, 0.1) is 35.0 Å². The number of likely N-dealkylation sites (N-methyl/N-ethyl adjacent to an activating group) is 1. The van der Waals surface area contributed by atoms with Crippen molar-refractivity contribution in [1.82, 2.24) is 9.21 Å². The lowest BCUT2D eigenvalue weighted by molar-refractivity contribution is 0.0730. The number of ether oxygens (including phenoxy) is 1. The Kier molecular flexibility index (Phi) is 6.75. The molecule has 0 spiro atoms. The third kappa shape index (κ3) is 4.78. The molecule has 0 bridgehead atoms. The van der Waals surface area contributed by atoms with Crippen LogP contribution in [0.5, 0.6) is 0 Å². The Hall–Kier alpha value is -2.53. The first-order chi connectivity index (χ1) is 15.4. The molecule has 0 atom stereocenters. The molecule has 0 radical (unpaired) electrons. The molecule has 4 rings (SSSR count). The molecule has 32 heavy (non-hydrogen) atoms. The maximum atomic E-state index is 14.5. The molecule has 2 aliphatic heterocycles. The highest BCUT2D eigenvalue weighted by Gasteiger charge is 2.28. The minimum absolute atomic E-state index is 0.113. The van der Waals surface area contributed by atoms with Crippen LogP contribution in [0.15, 0.2) is 47.4 Å². The van der Waals surface area contributed by atoms with Crippen molar-refractivity contribution in [3.05, 3.63) is 53.8 Å². The van der Waals surface area contributed by atoms with Crippen molar-refractivity contribution >= 4 is 27.3 Å². The molecule has 1 amide bonds. The standard InChI is InChI=1S/C22H27FN4O4S/c1-25-8-10-26(11-9-25)21-5-3-2-4-20(21)24-22(28)18-16-17(6-7-19(18)23)32(29,30)27-12-14-31-15-13-27/h2-7,16H,8-15H2,1H3,(H,24,28). The zero-order valence-electron chi connectivity index (χ0n) is 18.0. The van der Waals surface area contributed by atoms with Gasteiger partial charge in [-0.25, -0.2) is 12.8 Å². The van der Waals surface area contributed by atoms with E-state index in [2.05, 4.69) is 22.2 Å². The number of hydrogen-bond donors (Lipinski definition) is 1. The molecular weight excluding hydrogens is 435 g/mol. The molecule has 2 aromatic rings. The Balaban J connectivity index is 1.58. The Bertz CT molecular complexity index is 1080. The number of carbonyl (C=O) groups excluding carboxylic acids is 1. The minimum Gasteiger partial charge on any atom is -0.379 e. The molecular formula is C22H27FN4O4S. The van der Waals surface area contributed by atoms with Crippen molar-refractivity contribution in [3.63, 3.8) is 0 Å². The Morgan fingerprint density at radius 3 is 2.41 bits per heavy atom. The molecule has 2 aliphatic rings. The number of hydrogen-bond acceptors (Lipinski definition) is 6. The number of nitrogens with one attached hydrogen (secondary N) is 1. The van der Waals surface area contributed by atoms with E-state index in [4.69, 9.17) is 4.74 Å². The van der Waals surface area contributed by atoms with Crippen molar-refractivity contribution in [1.29, 1.82) is 0 Å². The summed E-state index contributed by atoms with van der Waals surface area (Å²) in [6.07, 6.45) is 0. The first-order valence-electron chi connectivity index (χ1n) is 10.6. The van der Waals surface area contributed by atoms with Gasteiger partial charge in [0.1, 0.15) is 5.82 Å². The second-order valence-electron chi connectivity index (χ2n) is 7.92. The van der Waals surface area contributed by atoms with Crippen molar-refractivity contribution in [2.24, 2.45) is 0 Å². The number of piperazine rings is 1. The summed E-state index contributed by atoms with van der Waals surface area (Å²) in [7, 11) is -1.78. The third-order valence-electron chi connectivity index (χ3n) is 5.79. The maximum Gasteiger partial charge on any atom is 0.258 e. The van der Waals surface area contributed by atoms with Crippen molar-refractivity contribution in [2.75, 3.05) is 69.7 Å². The molecule has 0 aromatic heterocycles. The SMILES string of the molecule is CN1CCN(c2ccccc2NC(=O)c2cc(S(=O)(=O)N3CCOCC3)ccc2F)CC1. The quantitative estimate of drug-likeness (QED) is 0.731. The van der Waals surface area contributed by atoms with Gasteiger partial charge in [0.15, 0.2) is 0 Å². The molecule has 0 aliphatic carbocycles. The van der Waals surface area contributed by atoms with Gasteiger partial charge in [-0.15, -0.1) is 0 Å². The number of sulfonamides is 1. The van der Waals surface area contributed by atoms with Gasteiger partial charge in [0.2, 0.25) is 10.0 Å². The third-order valence-corrected chi connectivity index (χ3v) is 7.68. The fraction of sp³-hybridized carbons (Fsp3) is 0.409. The van der Waals surface area contributed by atoms with Crippen LogP contribution in [0.2, 0.25) is 0 Å². The average Bonchev–Trinajstić information content (AvgIpc) is 2.81. The number of benzene rings is 2. The van der Waals surface area contributed by atoms with Crippen LogP contribution in [0, 0.1) is 5.82 Å². The van der Waals surface area contributed by atoms with E-state index in [1.54, 1.807) is 12.1 Å². The van der Waals surface area contributed by atoms with Gasteiger partial charge in [-0.1, -0.05) is 12.1 Å². The lowest BCUT2D eigenvalue weighted by atomic mass is 10.1. The Morgan fingerprint density at radius 2 is 1.69 bits per heavy atom. The number of halogens is 1. The van der Waals surface area contributed by atoms with Crippen LogP contribution < -0.4 is 10.2 Å². The predicted octanol–water partition coefficient (Wildman–Crippen LogP) is 1.85. The first-order valence-corrected chi connectivity index (χ1v) is 12.0. The number of morpholine rings is 1. The highest BCUT2D eigenvalue weighted by atomic mass is 32.2. The van der Waals surface area contributed by atoms with Crippen LogP contribution in [-0.2, 0) is 14.8 Å². The fourth-order valence-electron chi connectivity index (χ4n) is 3.87. The number of anilines is 2. The van der Waals surface area contributed by atoms with Gasteiger partial charge in [0, 0.05) is 39.3 Å². The van der Waals surface area contributed by atoms with E-state index in [9.17, 15) is 17.6 Å². The van der Waals surface area contributed by atoms with E-state index < -0.39 is 21.7 Å². The van der Waals surface area contributed by atoms with E-state index >= 15 is 0 Å². The molecule has 2 saturated heterocycles. The summed E-state index contributed by atoms with van der Waals surface area (Å²) in [6, 6.07) is 10.7. The second kappa shape index (κ2) is 9.53. The van der Waals surface area contributed by atoms with E-state index in [1.807, 2.05) is 12.1 Å². The van der Waals surface area contributed by atoms with Crippen molar-refractivity contribution in [2.45, 2.75) is 4.90 Å². The summed E-state index contributed by atoms with van der Waals surface area (Å²) in [5, 5.41) is 2.77. The summed E-state index contributed by atoms with van der Waals surface area (Å²) in [6.45, 7) is 4.47. The largest absolute Gasteiger partial charge is 0.379 e. The number of nitrogens with zero attached hydrogens (tertiary/aromatic N) is 3. The molecule has 0 unspecified atom stereocenters. The number of amides is 1. The Labute approximate surface area is 187 Å². The molecule has 172 valence electrons. The topological polar surface area (TPSA) is 82.2 Å². The molecule has 2 heterocycles. The minimum atomic E-state index is -3.84. The van der Waals surface area contributed by atoms with Gasteiger partial charge >= 0.3 is 0 Å². The molecule has 8 nitrogen and oxygen atoms in total. The van der Waals surface area contributed by atoms with Crippen molar-refractivity contribution in [3.8, 4) is 0 Å². The molecule has 2 aromatic carbocycles. The average molecular weight is 463 g/mol. The predicted molar refractivity (Wildman–Crippen MR) is 120 cm³/mol. The summed E-state index contributed by atoms with van der Waals surface area (Å²) >= 11 is 0. The monoisotopic (exact) mass is 462 g/mol. The molecule has 2 fully saturated rings. The van der Waals surface area contributed by atoms with Crippen LogP contribution in [0.25, 0.3) is 0 Å². The highest BCUT2D eigenvalue weighted by Crippen LogP contribution is 2.28. The summed E-state index contributed by atoms with van der Waals surface area (Å²) < 4.78 is 46.9. The van der Waals surface area contributed by atoms with Crippen LogP contribution in [0.3, 0.4) is 0 Å². The number of rotatable bonds is 5. The molecule has 1 N–H and O–H groups in total. The van der Waals surface area contributed by atoms with Gasteiger partial charge in [-0.2, -0.15) is 4.31 Å². The summed E-state index contributed by atoms with van der Waals surface area (Å²) in [5.41, 5.74) is 1.10. The van der Waals surface area contributed by atoms with Gasteiger partial charge in [-0.3, -0.25) is 4.79 Å². The maximum absolute atomic E-state index is 14.5. The zero-order chi connectivity index (χ0) is 22.7. The number of carbonyl (C=O) groups is 1. The smallest absolute Gasteiger partial charge is 0.258 e.